The molecule has 0 spiro atoms. The number of nitrogens with one attached hydrogen (secondary N) is 1. The Bertz CT molecular complexity index is 358. The third-order valence-corrected chi connectivity index (χ3v) is 4.40. The standard InChI is InChI=1S/C14H22BrN3/c1-16-12-5-7-14(8-6-12)18(2)10-13-4-3-11(15)9-17-13/h3-4,9,12,14,16H,5-8,10H2,1-2H3. The highest BCUT2D eigenvalue weighted by atomic mass is 79.9. The van der Waals surface area contributed by atoms with Crippen molar-refractivity contribution in [3.8, 4) is 0 Å². The largest absolute Gasteiger partial charge is 0.317 e. The van der Waals surface area contributed by atoms with E-state index in [9.17, 15) is 0 Å². The van der Waals surface area contributed by atoms with Crippen molar-refractivity contribution < 1.29 is 0 Å². The Morgan fingerprint density at radius 3 is 2.61 bits per heavy atom. The van der Waals surface area contributed by atoms with Crippen LogP contribution in [0.5, 0.6) is 0 Å². The smallest absolute Gasteiger partial charge is 0.0544 e. The Labute approximate surface area is 118 Å². The topological polar surface area (TPSA) is 28.2 Å². The third-order valence-electron chi connectivity index (χ3n) is 3.93. The molecule has 0 aromatic carbocycles. The summed E-state index contributed by atoms with van der Waals surface area (Å²) in [6, 6.07) is 5.59. The average molecular weight is 312 g/mol. The Kier molecular flexibility index (Phi) is 5.15. The molecular formula is C14H22BrN3. The molecule has 1 N–H and O–H groups in total. The van der Waals surface area contributed by atoms with Crippen molar-refractivity contribution in [3.05, 3.63) is 28.5 Å². The van der Waals surface area contributed by atoms with E-state index in [0.717, 1.165) is 22.8 Å². The average Bonchev–Trinajstić information content (AvgIpc) is 2.41. The molecule has 0 aliphatic heterocycles. The minimum Gasteiger partial charge on any atom is -0.317 e. The fourth-order valence-corrected chi connectivity index (χ4v) is 2.92. The van der Waals surface area contributed by atoms with Crippen LogP contribution in [0.1, 0.15) is 31.4 Å². The van der Waals surface area contributed by atoms with E-state index in [-0.39, 0.29) is 0 Å². The molecule has 100 valence electrons. The normalized spacial score (nSPS) is 24.4. The van der Waals surface area contributed by atoms with Crippen LogP contribution in [0.2, 0.25) is 0 Å². The quantitative estimate of drug-likeness (QED) is 0.927. The summed E-state index contributed by atoms with van der Waals surface area (Å²) in [6.07, 6.45) is 7.04. The van der Waals surface area contributed by atoms with Gasteiger partial charge in [-0.3, -0.25) is 9.88 Å². The Morgan fingerprint density at radius 2 is 2.06 bits per heavy atom. The first-order valence-corrected chi connectivity index (χ1v) is 7.46. The van der Waals surface area contributed by atoms with Crippen molar-refractivity contribution in [1.29, 1.82) is 0 Å². The second-order valence-corrected chi connectivity index (χ2v) is 6.09. The zero-order valence-electron chi connectivity index (χ0n) is 11.2. The van der Waals surface area contributed by atoms with Crippen molar-refractivity contribution in [2.24, 2.45) is 0 Å². The molecule has 0 unspecified atom stereocenters. The van der Waals surface area contributed by atoms with Crippen LogP contribution in [-0.2, 0) is 6.54 Å². The summed E-state index contributed by atoms with van der Waals surface area (Å²) in [5.41, 5.74) is 1.15. The highest BCUT2D eigenvalue weighted by Crippen LogP contribution is 2.23. The second kappa shape index (κ2) is 6.64. The van der Waals surface area contributed by atoms with Crippen molar-refractivity contribution in [2.75, 3.05) is 14.1 Å². The van der Waals surface area contributed by atoms with Gasteiger partial charge in [-0.2, -0.15) is 0 Å². The van der Waals surface area contributed by atoms with Crippen LogP contribution in [0.25, 0.3) is 0 Å². The number of aromatic nitrogens is 1. The van der Waals surface area contributed by atoms with Gasteiger partial charge in [-0.15, -0.1) is 0 Å². The molecule has 0 saturated heterocycles. The monoisotopic (exact) mass is 311 g/mol. The molecule has 1 saturated carbocycles. The Morgan fingerprint density at radius 1 is 1.33 bits per heavy atom. The van der Waals surface area contributed by atoms with E-state index >= 15 is 0 Å². The predicted molar refractivity (Wildman–Crippen MR) is 78.5 cm³/mol. The zero-order valence-corrected chi connectivity index (χ0v) is 12.8. The van der Waals surface area contributed by atoms with Gasteiger partial charge in [0.25, 0.3) is 0 Å². The van der Waals surface area contributed by atoms with E-state index in [1.54, 1.807) is 0 Å². The van der Waals surface area contributed by atoms with E-state index in [4.69, 9.17) is 0 Å². The van der Waals surface area contributed by atoms with Crippen molar-refractivity contribution in [2.45, 2.75) is 44.3 Å². The molecule has 1 aliphatic carbocycles. The van der Waals surface area contributed by atoms with E-state index in [2.05, 4.69) is 57.4 Å². The van der Waals surface area contributed by atoms with Crippen molar-refractivity contribution in [3.63, 3.8) is 0 Å². The molecule has 1 aromatic heterocycles. The second-order valence-electron chi connectivity index (χ2n) is 5.18. The van der Waals surface area contributed by atoms with Crippen molar-refractivity contribution >= 4 is 15.9 Å². The molecule has 4 heteroatoms. The lowest BCUT2D eigenvalue weighted by atomic mass is 9.90. The SMILES string of the molecule is CNC1CCC(N(C)Cc2ccc(Br)cn2)CC1. The summed E-state index contributed by atoms with van der Waals surface area (Å²) in [5.74, 6) is 0. The first kappa shape index (κ1) is 14.0. The van der Waals surface area contributed by atoms with Gasteiger partial charge < -0.3 is 5.32 Å². The molecule has 1 heterocycles. The van der Waals surface area contributed by atoms with Crippen LogP contribution in [0.3, 0.4) is 0 Å². The van der Waals surface area contributed by atoms with Gasteiger partial charge in [0.2, 0.25) is 0 Å². The lowest BCUT2D eigenvalue weighted by Gasteiger charge is -2.34. The lowest BCUT2D eigenvalue weighted by Crippen LogP contribution is -2.39. The maximum Gasteiger partial charge on any atom is 0.0544 e. The summed E-state index contributed by atoms with van der Waals surface area (Å²) in [7, 11) is 4.29. The summed E-state index contributed by atoms with van der Waals surface area (Å²) in [5, 5.41) is 3.38. The highest BCUT2D eigenvalue weighted by Gasteiger charge is 2.23. The molecule has 1 aliphatic rings. The van der Waals surface area contributed by atoms with Crippen LogP contribution < -0.4 is 5.32 Å². The van der Waals surface area contributed by atoms with E-state index in [0.29, 0.717) is 6.04 Å². The van der Waals surface area contributed by atoms with Gasteiger partial charge in [0.1, 0.15) is 0 Å². The molecule has 1 aromatic rings. The number of halogens is 1. The van der Waals surface area contributed by atoms with E-state index in [1.165, 1.54) is 25.7 Å². The summed E-state index contributed by atoms with van der Waals surface area (Å²) >= 11 is 3.42. The van der Waals surface area contributed by atoms with E-state index < -0.39 is 0 Å². The highest BCUT2D eigenvalue weighted by molar-refractivity contribution is 9.10. The summed E-state index contributed by atoms with van der Waals surface area (Å²) in [4.78, 5) is 6.89. The van der Waals surface area contributed by atoms with Gasteiger partial charge in [0.05, 0.1) is 5.69 Å². The van der Waals surface area contributed by atoms with Gasteiger partial charge >= 0.3 is 0 Å². The molecular weight excluding hydrogens is 290 g/mol. The number of pyridine rings is 1. The molecule has 0 amide bonds. The number of nitrogens with zero attached hydrogens (tertiary/aromatic N) is 2. The van der Waals surface area contributed by atoms with Crippen LogP contribution in [0.15, 0.2) is 22.8 Å². The maximum absolute atomic E-state index is 4.44. The maximum atomic E-state index is 4.44. The van der Waals surface area contributed by atoms with Crippen LogP contribution in [0.4, 0.5) is 0 Å². The molecule has 1 fully saturated rings. The first-order chi connectivity index (χ1) is 8.69. The Hall–Kier alpha value is -0.450. The van der Waals surface area contributed by atoms with Crippen molar-refractivity contribution in [1.82, 2.24) is 15.2 Å². The van der Waals surface area contributed by atoms with Crippen LogP contribution in [0, 0.1) is 0 Å². The third kappa shape index (κ3) is 3.77. The van der Waals surface area contributed by atoms with Gasteiger partial charge in [0.15, 0.2) is 0 Å². The van der Waals surface area contributed by atoms with Gasteiger partial charge in [-0.25, -0.2) is 0 Å². The number of hydrogen-bond acceptors (Lipinski definition) is 3. The molecule has 3 nitrogen and oxygen atoms in total. The fourth-order valence-electron chi connectivity index (χ4n) is 2.69. The predicted octanol–water partition coefficient (Wildman–Crippen LogP) is 2.81. The minimum absolute atomic E-state index is 0.708. The van der Waals surface area contributed by atoms with Gasteiger partial charge in [-0.1, -0.05) is 0 Å². The number of rotatable bonds is 4. The first-order valence-electron chi connectivity index (χ1n) is 6.67. The minimum atomic E-state index is 0.708. The van der Waals surface area contributed by atoms with Gasteiger partial charge in [0, 0.05) is 29.3 Å². The van der Waals surface area contributed by atoms with Gasteiger partial charge in [-0.05, 0) is 67.8 Å². The molecule has 18 heavy (non-hydrogen) atoms. The lowest BCUT2D eigenvalue weighted by molar-refractivity contribution is 0.168. The fraction of sp³-hybridized carbons (Fsp3) is 0.643. The molecule has 2 rings (SSSR count). The van der Waals surface area contributed by atoms with E-state index in [1.807, 2.05) is 6.20 Å². The molecule has 0 atom stereocenters. The molecule has 0 radical (unpaired) electrons. The molecule has 0 bridgehead atoms. The summed E-state index contributed by atoms with van der Waals surface area (Å²) < 4.78 is 1.04. The van der Waals surface area contributed by atoms with Crippen LogP contribution in [-0.4, -0.2) is 36.1 Å². The zero-order chi connectivity index (χ0) is 13.0. The number of hydrogen-bond donors (Lipinski definition) is 1. The Balaban J connectivity index is 1.85. The summed E-state index contributed by atoms with van der Waals surface area (Å²) in [6.45, 7) is 0.947. The van der Waals surface area contributed by atoms with Crippen LogP contribution >= 0.6 is 15.9 Å².